The SMILES string of the molecule is O=C(NC1CCCC(c2ccc(F)cc2)C1)c1cc2ccccc2c(=O)[nH]1. The number of fused-ring (bicyclic) bond motifs is 1. The van der Waals surface area contributed by atoms with Gasteiger partial charge in [0, 0.05) is 11.4 Å². The van der Waals surface area contributed by atoms with Crippen molar-refractivity contribution in [1.29, 1.82) is 0 Å². The molecular formula is C22H21FN2O2. The Bertz CT molecular complexity index is 1030. The van der Waals surface area contributed by atoms with Crippen LogP contribution in [0.2, 0.25) is 0 Å². The molecule has 0 bridgehead atoms. The highest BCUT2D eigenvalue weighted by atomic mass is 19.1. The summed E-state index contributed by atoms with van der Waals surface area (Å²) in [7, 11) is 0. The number of pyridine rings is 1. The van der Waals surface area contributed by atoms with Crippen LogP contribution in [-0.4, -0.2) is 16.9 Å². The monoisotopic (exact) mass is 364 g/mol. The molecular weight excluding hydrogens is 343 g/mol. The second-order valence-electron chi connectivity index (χ2n) is 7.18. The van der Waals surface area contributed by atoms with Crippen molar-refractivity contribution in [2.24, 2.45) is 0 Å². The smallest absolute Gasteiger partial charge is 0.268 e. The van der Waals surface area contributed by atoms with Gasteiger partial charge in [-0.3, -0.25) is 9.59 Å². The lowest BCUT2D eigenvalue weighted by Gasteiger charge is -2.30. The average Bonchev–Trinajstić information content (AvgIpc) is 2.69. The molecule has 27 heavy (non-hydrogen) atoms. The van der Waals surface area contributed by atoms with Crippen molar-refractivity contribution in [2.75, 3.05) is 0 Å². The Morgan fingerprint density at radius 1 is 1.07 bits per heavy atom. The second-order valence-corrected chi connectivity index (χ2v) is 7.18. The summed E-state index contributed by atoms with van der Waals surface area (Å²) < 4.78 is 13.1. The van der Waals surface area contributed by atoms with Crippen LogP contribution in [0, 0.1) is 5.82 Å². The van der Waals surface area contributed by atoms with Crippen LogP contribution in [0.25, 0.3) is 10.8 Å². The zero-order chi connectivity index (χ0) is 18.8. The van der Waals surface area contributed by atoms with E-state index in [9.17, 15) is 14.0 Å². The second kappa shape index (κ2) is 7.35. The number of amides is 1. The number of hydrogen-bond donors (Lipinski definition) is 2. The number of aromatic amines is 1. The van der Waals surface area contributed by atoms with Crippen LogP contribution in [0.1, 0.15) is 47.7 Å². The van der Waals surface area contributed by atoms with Gasteiger partial charge in [-0.2, -0.15) is 0 Å². The van der Waals surface area contributed by atoms with E-state index in [1.165, 1.54) is 12.1 Å². The van der Waals surface area contributed by atoms with Gasteiger partial charge < -0.3 is 10.3 Å². The van der Waals surface area contributed by atoms with E-state index < -0.39 is 0 Å². The fraction of sp³-hybridized carbons (Fsp3) is 0.273. The van der Waals surface area contributed by atoms with Gasteiger partial charge in [0.25, 0.3) is 11.5 Å². The molecule has 0 aliphatic heterocycles. The quantitative estimate of drug-likeness (QED) is 0.734. The van der Waals surface area contributed by atoms with Crippen LogP contribution in [-0.2, 0) is 0 Å². The molecule has 1 fully saturated rings. The lowest BCUT2D eigenvalue weighted by molar-refractivity contribution is 0.0920. The Morgan fingerprint density at radius 2 is 1.85 bits per heavy atom. The van der Waals surface area contributed by atoms with Crippen LogP contribution >= 0.6 is 0 Å². The van der Waals surface area contributed by atoms with Crippen molar-refractivity contribution in [3.05, 3.63) is 82.0 Å². The van der Waals surface area contributed by atoms with Crippen molar-refractivity contribution < 1.29 is 9.18 Å². The van der Waals surface area contributed by atoms with E-state index in [1.54, 1.807) is 18.2 Å². The van der Waals surface area contributed by atoms with E-state index in [-0.39, 0.29) is 29.0 Å². The predicted octanol–water partition coefficient (Wildman–Crippen LogP) is 4.12. The minimum Gasteiger partial charge on any atom is -0.348 e. The van der Waals surface area contributed by atoms with E-state index in [0.29, 0.717) is 11.3 Å². The summed E-state index contributed by atoms with van der Waals surface area (Å²) in [5, 5.41) is 4.38. The molecule has 0 spiro atoms. The standard InChI is InChI=1S/C22H21FN2O2/c23-17-10-8-14(9-11-17)15-5-3-6-18(12-15)24-22(27)20-13-16-4-1-2-7-19(16)21(26)25-20/h1-2,4,7-11,13,15,18H,3,5-6,12H2,(H,24,27)(H,25,26). The van der Waals surface area contributed by atoms with Gasteiger partial charge in [0.1, 0.15) is 11.5 Å². The van der Waals surface area contributed by atoms with Crippen molar-refractivity contribution in [3.63, 3.8) is 0 Å². The minimum absolute atomic E-state index is 0.0382. The molecule has 1 aliphatic rings. The maximum absolute atomic E-state index is 13.1. The number of hydrogen-bond acceptors (Lipinski definition) is 2. The van der Waals surface area contributed by atoms with E-state index in [2.05, 4.69) is 10.3 Å². The summed E-state index contributed by atoms with van der Waals surface area (Å²) in [5.41, 5.74) is 1.13. The maximum atomic E-state index is 13.1. The molecule has 2 aromatic carbocycles. The molecule has 5 heteroatoms. The van der Waals surface area contributed by atoms with Crippen molar-refractivity contribution >= 4 is 16.7 Å². The topological polar surface area (TPSA) is 62.0 Å². The molecule has 138 valence electrons. The molecule has 0 radical (unpaired) electrons. The number of carbonyl (C=O) groups excluding carboxylic acids is 1. The van der Waals surface area contributed by atoms with E-state index in [4.69, 9.17) is 0 Å². The molecule has 0 saturated heterocycles. The highest BCUT2D eigenvalue weighted by Gasteiger charge is 2.25. The van der Waals surface area contributed by atoms with E-state index >= 15 is 0 Å². The summed E-state index contributed by atoms with van der Waals surface area (Å²) in [6.45, 7) is 0. The molecule has 2 unspecified atom stereocenters. The molecule has 2 N–H and O–H groups in total. The molecule has 1 amide bonds. The molecule has 1 saturated carbocycles. The number of halogens is 1. The zero-order valence-corrected chi connectivity index (χ0v) is 14.9. The molecule has 1 aromatic heterocycles. The number of carbonyl (C=O) groups is 1. The van der Waals surface area contributed by atoms with Crippen LogP contribution < -0.4 is 10.9 Å². The Morgan fingerprint density at radius 3 is 2.67 bits per heavy atom. The first-order valence-electron chi connectivity index (χ1n) is 9.28. The zero-order valence-electron chi connectivity index (χ0n) is 14.9. The van der Waals surface area contributed by atoms with Gasteiger partial charge in [-0.15, -0.1) is 0 Å². The van der Waals surface area contributed by atoms with Crippen molar-refractivity contribution in [1.82, 2.24) is 10.3 Å². The average molecular weight is 364 g/mol. The van der Waals surface area contributed by atoms with Crippen molar-refractivity contribution in [2.45, 2.75) is 37.6 Å². The molecule has 3 aromatic rings. The van der Waals surface area contributed by atoms with Gasteiger partial charge >= 0.3 is 0 Å². The van der Waals surface area contributed by atoms with Crippen LogP contribution in [0.15, 0.2) is 59.4 Å². The minimum atomic E-state index is -0.261. The first kappa shape index (κ1) is 17.5. The first-order chi connectivity index (χ1) is 13.1. The van der Waals surface area contributed by atoms with Gasteiger partial charge in [-0.05, 0) is 60.4 Å². The summed E-state index contributed by atoms with van der Waals surface area (Å²) >= 11 is 0. The number of rotatable bonds is 3. The highest BCUT2D eigenvalue weighted by Crippen LogP contribution is 2.33. The maximum Gasteiger partial charge on any atom is 0.268 e. The molecule has 4 nitrogen and oxygen atoms in total. The number of aromatic nitrogens is 1. The van der Waals surface area contributed by atoms with Gasteiger partial charge in [0.05, 0.1) is 0 Å². The van der Waals surface area contributed by atoms with Crippen molar-refractivity contribution in [3.8, 4) is 0 Å². The van der Waals surface area contributed by atoms with Crippen LogP contribution in [0.5, 0.6) is 0 Å². The lowest BCUT2D eigenvalue weighted by atomic mass is 9.81. The Kier molecular flexibility index (Phi) is 4.75. The van der Waals surface area contributed by atoms with Crippen LogP contribution in [0.4, 0.5) is 4.39 Å². The fourth-order valence-electron chi connectivity index (χ4n) is 3.95. The van der Waals surface area contributed by atoms with Gasteiger partial charge in [0.2, 0.25) is 0 Å². The molecule has 1 aliphatic carbocycles. The Balaban J connectivity index is 1.49. The molecule has 2 atom stereocenters. The normalized spacial score (nSPS) is 19.7. The fourth-order valence-corrected chi connectivity index (χ4v) is 3.95. The third kappa shape index (κ3) is 3.77. The Hall–Kier alpha value is -2.95. The Labute approximate surface area is 156 Å². The van der Waals surface area contributed by atoms with Gasteiger partial charge in [-0.1, -0.05) is 36.8 Å². The van der Waals surface area contributed by atoms with Gasteiger partial charge in [0.15, 0.2) is 0 Å². The predicted molar refractivity (Wildman–Crippen MR) is 103 cm³/mol. The highest BCUT2D eigenvalue weighted by molar-refractivity contribution is 5.96. The summed E-state index contributed by atoms with van der Waals surface area (Å²) in [4.78, 5) is 27.5. The van der Waals surface area contributed by atoms with E-state index in [0.717, 1.165) is 36.6 Å². The molecule has 4 rings (SSSR count). The molecule has 1 heterocycles. The van der Waals surface area contributed by atoms with E-state index in [1.807, 2.05) is 24.3 Å². The summed E-state index contributed by atoms with van der Waals surface area (Å²) in [5.74, 6) is -0.192. The summed E-state index contributed by atoms with van der Waals surface area (Å²) in [6.07, 6.45) is 3.75. The van der Waals surface area contributed by atoms with Gasteiger partial charge in [-0.25, -0.2) is 4.39 Å². The summed E-state index contributed by atoms with van der Waals surface area (Å²) in [6, 6.07) is 15.6. The third-order valence-corrected chi connectivity index (χ3v) is 5.35. The first-order valence-corrected chi connectivity index (χ1v) is 9.28. The number of benzene rings is 2. The lowest BCUT2D eigenvalue weighted by Crippen LogP contribution is -2.38. The van der Waals surface area contributed by atoms with Crippen LogP contribution in [0.3, 0.4) is 0 Å². The number of nitrogens with one attached hydrogen (secondary N) is 2. The number of H-pyrrole nitrogens is 1. The third-order valence-electron chi connectivity index (χ3n) is 5.35. The largest absolute Gasteiger partial charge is 0.348 e.